The van der Waals surface area contributed by atoms with Gasteiger partial charge < -0.3 is 15.1 Å². The molecule has 0 saturated carbocycles. The maximum absolute atomic E-state index is 12.5. The van der Waals surface area contributed by atoms with Crippen LogP contribution in [0.2, 0.25) is 0 Å². The second kappa shape index (κ2) is 7.75. The third kappa shape index (κ3) is 4.73. The van der Waals surface area contributed by atoms with Gasteiger partial charge in [-0.1, -0.05) is 31.2 Å². The lowest BCUT2D eigenvalue weighted by atomic mass is 9.90. The molecule has 0 aliphatic carbocycles. The van der Waals surface area contributed by atoms with Gasteiger partial charge in [-0.2, -0.15) is 0 Å². The van der Waals surface area contributed by atoms with Crippen LogP contribution in [0.5, 0.6) is 0 Å². The lowest BCUT2D eigenvalue weighted by Crippen LogP contribution is -2.52. The van der Waals surface area contributed by atoms with Crippen LogP contribution in [-0.4, -0.2) is 73.6 Å². The molecule has 2 amide bonds. The van der Waals surface area contributed by atoms with Gasteiger partial charge >= 0.3 is 6.03 Å². The zero-order chi connectivity index (χ0) is 17.9. The van der Waals surface area contributed by atoms with E-state index in [1.165, 1.54) is 11.1 Å². The number of hydrogen-bond acceptors (Lipinski definition) is 3. The summed E-state index contributed by atoms with van der Waals surface area (Å²) in [5.41, 5.74) is 2.95. The summed E-state index contributed by atoms with van der Waals surface area (Å²) in [6.07, 6.45) is 1.16. The molecule has 2 aliphatic heterocycles. The standard InChI is InChI=1S/C20H32N4O/c1-17-6-4-5-7-18(17)14-23-10-12-24(13-11-23)19(25)21-15-20(2)8-9-22(3)16-20/h4-7H,8-16H2,1-3H3,(H,21,25). The van der Waals surface area contributed by atoms with Crippen LogP contribution >= 0.6 is 0 Å². The summed E-state index contributed by atoms with van der Waals surface area (Å²) >= 11 is 0. The van der Waals surface area contributed by atoms with E-state index in [0.29, 0.717) is 0 Å². The first-order chi connectivity index (χ1) is 12.0. The number of rotatable bonds is 4. The third-order valence-electron chi connectivity index (χ3n) is 5.73. The molecule has 2 saturated heterocycles. The van der Waals surface area contributed by atoms with E-state index in [2.05, 4.69) is 60.3 Å². The SMILES string of the molecule is Cc1ccccc1CN1CCN(C(=O)NCC2(C)CCN(C)C2)CC1. The highest BCUT2D eigenvalue weighted by molar-refractivity contribution is 5.74. The van der Waals surface area contributed by atoms with Crippen LogP contribution in [0.3, 0.4) is 0 Å². The minimum atomic E-state index is 0.103. The van der Waals surface area contributed by atoms with Gasteiger partial charge in [0, 0.05) is 45.8 Å². The van der Waals surface area contributed by atoms with Gasteiger partial charge in [-0.25, -0.2) is 4.79 Å². The van der Waals surface area contributed by atoms with Crippen molar-refractivity contribution in [3.8, 4) is 0 Å². The van der Waals surface area contributed by atoms with E-state index in [1.807, 2.05) is 4.90 Å². The van der Waals surface area contributed by atoms with Crippen molar-refractivity contribution in [2.45, 2.75) is 26.8 Å². The Kier molecular flexibility index (Phi) is 5.64. The van der Waals surface area contributed by atoms with E-state index in [1.54, 1.807) is 0 Å². The Labute approximate surface area is 152 Å². The van der Waals surface area contributed by atoms with Gasteiger partial charge in [0.1, 0.15) is 0 Å². The number of carbonyl (C=O) groups is 1. The predicted molar refractivity (Wildman–Crippen MR) is 102 cm³/mol. The number of likely N-dealkylation sites (tertiary alicyclic amines) is 1. The zero-order valence-corrected chi connectivity index (χ0v) is 15.9. The number of aryl methyl sites for hydroxylation is 1. The fourth-order valence-electron chi connectivity index (χ4n) is 3.95. The van der Waals surface area contributed by atoms with Gasteiger partial charge in [-0.15, -0.1) is 0 Å². The molecule has 2 aliphatic rings. The number of carbonyl (C=O) groups excluding carboxylic acids is 1. The lowest BCUT2D eigenvalue weighted by molar-refractivity contribution is 0.132. The van der Waals surface area contributed by atoms with Crippen molar-refractivity contribution in [2.75, 3.05) is 52.9 Å². The van der Waals surface area contributed by atoms with E-state index < -0.39 is 0 Å². The number of nitrogens with one attached hydrogen (secondary N) is 1. The molecule has 2 fully saturated rings. The summed E-state index contributed by atoms with van der Waals surface area (Å²) in [4.78, 5) is 19.2. The quantitative estimate of drug-likeness (QED) is 0.910. The largest absolute Gasteiger partial charge is 0.337 e. The van der Waals surface area contributed by atoms with E-state index >= 15 is 0 Å². The Hall–Kier alpha value is -1.59. The number of hydrogen-bond donors (Lipinski definition) is 1. The van der Waals surface area contributed by atoms with Gasteiger partial charge in [-0.05, 0) is 43.5 Å². The maximum Gasteiger partial charge on any atom is 0.317 e. The maximum atomic E-state index is 12.5. The Bertz CT molecular complexity index is 597. The molecule has 5 nitrogen and oxygen atoms in total. The van der Waals surface area contributed by atoms with Gasteiger partial charge in [-0.3, -0.25) is 4.90 Å². The molecule has 2 heterocycles. The van der Waals surface area contributed by atoms with Crippen LogP contribution in [0.4, 0.5) is 4.79 Å². The van der Waals surface area contributed by atoms with Crippen molar-refractivity contribution < 1.29 is 4.79 Å². The minimum absolute atomic E-state index is 0.103. The number of urea groups is 1. The Balaban J connectivity index is 1.42. The topological polar surface area (TPSA) is 38.8 Å². The van der Waals surface area contributed by atoms with E-state index in [0.717, 1.165) is 58.8 Å². The zero-order valence-electron chi connectivity index (χ0n) is 15.9. The molecule has 138 valence electrons. The van der Waals surface area contributed by atoms with E-state index in [4.69, 9.17) is 0 Å². The van der Waals surface area contributed by atoms with Crippen LogP contribution < -0.4 is 5.32 Å². The minimum Gasteiger partial charge on any atom is -0.337 e. The molecule has 1 atom stereocenters. The van der Waals surface area contributed by atoms with Crippen molar-refractivity contribution >= 4 is 6.03 Å². The molecule has 1 unspecified atom stereocenters. The molecular formula is C20H32N4O. The molecule has 1 N–H and O–H groups in total. The molecular weight excluding hydrogens is 312 g/mol. The summed E-state index contributed by atoms with van der Waals surface area (Å²) in [5, 5.41) is 3.17. The number of nitrogens with zero attached hydrogens (tertiary/aromatic N) is 3. The predicted octanol–water partition coefficient (Wildman–Crippen LogP) is 2.16. The molecule has 0 aromatic heterocycles. The van der Waals surface area contributed by atoms with Gasteiger partial charge in [0.25, 0.3) is 0 Å². The van der Waals surface area contributed by atoms with E-state index in [-0.39, 0.29) is 11.4 Å². The summed E-state index contributed by atoms with van der Waals surface area (Å²) in [7, 11) is 2.15. The van der Waals surface area contributed by atoms with Crippen LogP contribution in [0, 0.1) is 12.3 Å². The fraction of sp³-hybridized carbons (Fsp3) is 0.650. The molecule has 3 rings (SSSR count). The van der Waals surface area contributed by atoms with Gasteiger partial charge in [0.05, 0.1) is 0 Å². The second-order valence-corrected chi connectivity index (χ2v) is 8.15. The van der Waals surface area contributed by atoms with Crippen molar-refractivity contribution in [3.05, 3.63) is 35.4 Å². The Morgan fingerprint density at radius 1 is 1.16 bits per heavy atom. The van der Waals surface area contributed by atoms with Crippen LogP contribution in [0.1, 0.15) is 24.5 Å². The molecule has 25 heavy (non-hydrogen) atoms. The van der Waals surface area contributed by atoms with Gasteiger partial charge in [0.2, 0.25) is 0 Å². The van der Waals surface area contributed by atoms with Crippen molar-refractivity contribution in [1.82, 2.24) is 20.0 Å². The van der Waals surface area contributed by atoms with Crippen molar-refractivity contribution in [3.63, 3.8) is 0 Å². The monoisotopic (exact) mass is 344 g/mol. The normalized spacial score (nSPS) is 25.3. The Morgan fingerprint density at radius 3 is 2.52 bits per heavy atom. The Morgan fingerprint density at radius 2 is 1.88 bits per heavy atom. The van der Waals surface area contributed by atoms with Crippen LogP contribution in [-0.2, 0) is 6.54 Å². The molecule has 1 aromatic rings. The molecule has 0 radical (unpaired) electrons. The van der Waals surface area contributed by atoms with Crippen molar-refractivity contribution in [1.29, 1.82) is 0 Å². The highest BCUT2D eigenvalue weighted by atomic mass is 16.2. The number of amides is 2. The highest BCUT2D eigenvalue weighted by Gasteiger charge is 2.33. The summed E-state index contributed by atoms with van der Waals surface area (Å²) in [6, 6.07) is 8.66. The van der Waals surface area contributed by atoms with Crippen molar-refractivity contribution in [2.24, 2.45) is 5.41 Å². The molecule has 0 bridgehead atoms. The van der Waals surface area contributed by atoms with Crippen LogP contribution in [0.25, 0.3) is 0 Å². The lowest BCUT2D eigenvalue weighted by Gasteiger charge is -2.35. The summed E-state index contributed by atoms with van der Waals surface area (Å²) in [6.45, 7) is 11.9. The summed E-state index contributed by atoms with van der Waals surface area (Å²) in [5.74, 6) is 0. The van der Waals surface area contributed by atoms with Gasteiger partial charge in [0.15, 0.2) is 0 Å². The first-order valence-corrected chi connectivity index (χ1v) is 9.43. The number of benzene rings is 1. The molecule has 1 aromatic carbocycles. The first-order valence-electron chi connectivity index (χ1n) is 9.43. The highest BCUT2D eigenvalue weighted by Crippen LogP contribution is 2.27. The smallest absolute Gasteiger partial charge is 0.317 e. The molecule has 5 heteroatoms. The molecule has 0 spiro atoms. The third-order valence-corrected chi connectivity index (χ3v) is 5.73. The average Bonchev–Trinajstić information content (AvgIpc) is 2.95. The second-order valence-electron chi connectivity index (χ2n) is 8.15. The van der Waals surface area contributed by atoms with Crippen LogP contribution in [0.15, 0.2) is 24.3 Å². The average molecular weight is 345 g/mol. The first kappa shape index (κ1) is 18.2. The summed E-state index contributed by atoms with van der Waals surface area (Å²) < 4.78 is 0. The number of piperazine rings is 1. The van der Waals surface area contributed by atoms with E-state index in [9.17, 15) is 4.79 Å². The fourth-order valence-corrected chi connectivity index (χ4v) is 3.95.